The molecule has 0 fully saturated rings. The lowest BCUT2D eigenvalue weighted by Crippen LogP contribution is -2.80. The lowest BCUT2D eigenvalue weighted by atomic mass is 8.66. The van der Waals surface area contributed by atoms with Crippen LogP contribution in [0.2, 0.25) is 0 Å². The summed E-state index contributed by atoms with van der Waals surface area (Å²) >= 11 is 0. The Morgan fingerprint density at radius 2 is 0.646 bits per heavy atom. The maximum absolute atomic E-state index is 2.65. The van der Waals surface area contributed by atoms with Crippen LogP contribution in [0.1, 0.15) is 83.5 Å². The van der Waals surface area contributed by atoms with Crippen molar-refractivity contribution in [3.8, 4) is 22.3 Å². The van der Waals surface area contributed by atoms with E-state index < -0.39 is 0 Å². The predicted molar refractivity (Wildman–Crippen MR) is 462 cm³/mol. The van der Waals surface area contributed by atoms with E-state index in [1.807, 2.05) is 0 Å². The highest BCUT2D eigenvalue weighted by molar-refractivity contribution is 7.89. The molecule has 0 aliphatic heterocycles. The second-order valence-electron chi connectivity index (χ2n) is 29.2. The van der Waals surface area contributed by atoms with Crippen molar-refractivity contribution in [2.45, 2.75) is 104 Å². The van der Waals surface area contributed by atoms with Gasteiger partial charge in [0.2, 0.25) is 0 Å². The molecule has 7 rings (SSSR count). The maximum Gasteiger partial charge on any atom is 0.139 e. The minimum Gasteiger partial charge on any atom is -0.113 e. The van der Waals surface area contributed by atoms with Gasteiger partial charge in [-0.2, -0.15) is 0 Å². The average molecular weight is 1030 g/mol. The molecule has 0 radical (unpaired) electrons. The molecule has 0 aliphatic carbocycles. The van der Waals surface area contributed by atoms with Gasteiger partial charge in [0.15, 0.2) is 0 Å². The molecular formula is C49H85B33. The fourth-order valence-electron chi connectivity index (χ4n) is 17.3. The Bertz CT molecular complexity index is 3640. The van der Waals surface area contributed by atoms with Crippen LogP contribution in [0, 0.1) is 104 Å². The van der Waals surface area contributed by atoms with Crippen LogP contribution in [0.4, 0.5) is 0 Å². The molecule has 0 aromatic heterocycles. The molecular weight excluding hydrogens is 945 g/mol. The Kier molecular flexibility index (Phi) is 20.9. The molecule has 82 heavy (non-hydrogen) atoms. The van der Waals surface area contributed by atoms with Gasteiger partial charge in [-0.15, -0.1) is 10.9 Å². The molecule has 7 aromatic carbocycles. The topological polar surface area (TPSA) is 0 Å². The summed E-state index contributed by atoms with van der Waals surface area (Å²) in [6.07, 6.45) is 2.95. The van der Waals surface area contributed by atoms with Gasteiger partial charge in [-0.3, -0.25) is 0 Å². The van der Waals surface area contributed by atoms with Crippen molar-refractivity contribution >= 4 is 320 Å². The Morgan fingerprint density at radius 1 is 0.280 bits per heavy atom. The molecule has 0 heterocycles. The number of hydrogen-bond acceptors (Lipinski definition) is 0. The van der Waals surface area contributed by atoms with Gasteiger partial charge in [0.25, 0.3) is 0 Å². The van der Waals surface area contributed by atoms with Gasteiger partial charge in [0.05, 0.1) is 178 Å². The number of benzene rings is 7. The fraction of sp³-hybridized carbons (Fsp3) is 0.306. The lowest BCUT2D eigenvalue weighted by Gasteiger charge is -2.42. The van der Waals surface area contributed by atoms with Crippen LogP contribution in [0.5, 0.6) is 0 Å². The minimum absolute atomic E-state index is 0.299. The summed E-state index contributed by atoms with van der Waals surface area (Å²) in [4.78, 5) is 0. The zero-order valence-corrected chi connectivity index (χ0v) is 59.2. The van der Waals surface area contributed by atoms with Crippen LogP contribution in [0.3, 0.4) is 0 Å². The van der Waals surface area contributed by atoms with Crippen molar-refractivity contribution in [1.29, 1.82) is 0 Å². The molecule has 0 aliphatic rings. The van der Waals surface area contributed by atoms with Crippen molar-refractivity contribution in [3.63, 3.8) is 0 Å². The number of fused-ring (bicyclic) bond motifs is 4. The summed E-state index contributed by atoms with van der Waals surface area (Å²) in [5.74, 6) is 0. The first-order valence-electron chi connectivity index (χ1n) is 33.4. The monoisotopic (exact) mass is 1040 g/mol. The first-order valence-corrected chi connectivity index (χ1v) is 33.4. The van der Waals surface area contributed by atoms with E-state index in [1.165, 1.54) is 140 Å². The molecule has 0 atom stereocenters. The Hall–Kier alpha value is -2.28. The van der Waals surface area contributed by atoms with E-state index >= 15 is 0 Å². The van der Waals surface area contributed by atoms with Crippen LogP contribution in [0.25, 0.3) is 65.3 Å². The van der Waals surface area contributed by atoms with Crippen molar-refractivity contribution in [2.24, 2.45) is 0 Å². The third kappa shape index (κ3) is 10.4. The van der Waals surface area contributed by atoms with Crippen molar-refractivity contribution in [1.82, 2.24) is 0 Å². The largest absolute Gasteiger partial charge is 0.139 e. The molecule has 0 unspecified atom stereocenters. The third-order valence-electron chi connectivity index (χ3n) is 23.6. The van der Waals surface area contributed by atoms with E-state index in [2.05, 4.69) is 243 Å². The summed E-state index contributed by atoms with van der Waals surface area (Å²) in [7, 11) is 50.5. The van der Waals surface area contributed by atoms with Crippen molar-refractivity contribution in [3.05, 3.63) is 83.5 Å². The molecule has 380 valence electrons. The molecule has 0 bridgehead atoms. The van der Waals surface area contributed by atoms with Gasteiger partial charge in [-0.1, -0.05) is 27.3 Å². The Labute approximate surface area is 525 Å². The predicted octanol–water partition coefficient (Wildman–Crippen LogP) is -14.8. The molecule has 33 heteroatoms. The fourth-order valence-corrected chi connectivity index (χ4v) is 17.3. The van der Waals surface area contributed by atoms with Gasteiger partial charge < -0.3 is 0 Å². The maximum atomic E-state index is 2.65. The molecule has 0 spiro atoms. The first kappa shape index (κ1) is 67.2. The quantitative estimate of drug-likeness (QED) is 0.0630. The summed E-state index contributed by atoms with van der Waals surface area (Å²) in [5.41, 5.74) is 39.2. The van der Waals surface area contributed by atoms with Crippen LogP contribution >= 0.6 is 0 Å². The SMILES string of the molecule is BBB(B)B(B(B)B)c1c(B(B(B)B)B(B)B)c(B(BB)B(B)B)c(B(B)B(B)B)c2c(B(B)BB)c(-c3c4c(C)c(C)c(C)c(C)c4c(-c4c(C)c(C)c(C)c5c(C)c(C)c(C)c(C)c45)c4c(C)c(C)c(C)c(C)c34)c(BB)c(B)c12. The van der Waals surface area contributed by atoms with Gasteiger partial charge in [-0.05, 0) is 253 Å². The van der Waals surface area contributed by atoms with Crippen LogP contribution in [-0.4, -0.2) is 239 Å². The minimum atomic E-state index is 0.299. The van der Waals surface area contributed by atoms with Crippen LogP contribution < -0.4 is 38.2 Å². The van der Waals surface area contributed by atoms with E-state index in [1.54, 1.807) is 54.6 Å². The zero-order chi connectivity index (χ0) is 61.8. The van der Waals surface area contributed by atoms with Gasteiger partial charge in [0.1, 0.15) is 15.0 Å². The number of rotatable bonds is 17. The van der Waals surface area contributed by atoms with Crippen LogP contribution in [0.15, 0.2) is 0 Å². The molecule has 0 amide bonds. The standard InChI is InChI=1S/C49H85B33/c1-16-17(2)25(10)32-31(23(16)8)24(9)22(7)30(15)33(32)38-34-26(11)18(3)20(5)28(13)36(34)39(37-29(14)21(6)19(4)27(12)35(37)38)41-44(68-51)43(50)40-42(45(41)72(55)69-52)46(73(56)77(57)58)48(74(70-53)78(59)60)49(75(79(61)62)80(63)64)47(40)76(81(65)66)82(67)71-54/h68-71H,50-67H2,1-15H3. The second-order valence-corrected chi connectivity index (χ2v) is 29.2. The highest BCUT2D eigenvalue weighted by atomic mass is 14.3. The summed E-state index contributed by atoms with van der Waals surface area (Å²) in [6, 6.07) is 0. The molecule has 0 N–H and O–H groups in total. The van der Waals surface area contributed by atoms with Gasteiger partial charge in [-0.25, -0.2) is 0 Å². The van der Waals surface area contributed by atoms with E-state index in [0.717, 1.165) is 21.3 Å². The summed E-state index contributed by atoms with van der Waals surface area (Å²) in [5, 5.41) is 12.1. The Morgan fingerprint density at radius 3 is 0.976 bits per heavy atom. The molecule has 0 nitrogen and oxygen atoms in total. The van der Waals surface area contributed by atoms with Crippen LogP contribution in [-0.2, 0) is 0 Å². The number of aryl methyl sites for hydroxylation is 7. The second kappa shape index (κ2) is 25.4. The van der Waals surface area contributed by atoms with Crippen molar-refractivity contribution in [2.75, 3.05) is 0 Å². The van der Waals surface area contributed by atoms with E-state index in [0.29, 0.717) is 70.8 Å². The lowest BCUT2D eigenvalue weighted by molar-refractivity contribution is 1.22. The third-order valence-corrected chi connectivity index (χ3v) is 23.6. The normalized spacial score (nSPS) is 11.3. The molecule has 7 aromatic rings. The summed E-state index contributed by atoms with van der Waals surface area (Å²) < 4.78 is 0. The highest BCUT2D eigenvalue weighted by Gasteiger charge is 2.44. The zero-order valence-electron chi connectivity index (χ0n) is 59.2. The Balaban J connectivity index is 2.09. The van der Waals surface area contributed by atoms with E-state index in [-0.39, 0.29) is 0 Å². The van der Waals surface area contributed by atoms with E-state index in [4.69, 9.17) is 0 Å². The number of hydrogen-bond donors (Lipinski definition) is 0. The smallest absolute Gasteiger partial charge is 0.113 e. The van der Waals surface area contributed by atoms with E-state index in [9.17, 15) is 0 Å². The molecule has 0 saturated carbocycles. The van der Waals surface area contributed by atoms with Gasteiger partial charge in [0, 0.05) is 45.4 Å². The van der Waals surface area contributed by atoms with Crippen molar-refractivity contribution < 1.29 is 0 Å². The highest BCUT2D eigenvalue weighted by Crippen LogP contribution is 2.53. The average Bonchev–Trinajstić information content (AvgIpc) is 1.94. The first-order chi connectivity index (χ1) is 38.2. The van der Waals surface area contributed by atoms with Gasteiger partial charge >= 0.3 is 0 Å². The summed E-state index contributed by atoms with van der Waals surface area (Å²) in [6.45, 7) is 38.6. The molecule has 0 saturated heterocycles.